The van der Waals surface area contributed by atoms with Crippen LogP contribution in [0.3, 0.4) is 0 Å². The van der Waals surface area contributed by atoms with Gasteiger partial charge in [0.1, 0.15) is 0 Å². The van der Waals surface area contributed by atoms with Gasteiger partial charge in [-0.05, 0) is 12.3 Å². The van der Waals surface area contributed by atoms with Gasteiger partial charge in [0, 0.05) is 6.54 Å². The normalized spacial score (nSPS) is 12.5. The van der Waals surface area contributed by atoms with Crippen LogP contribution in [0.5, 0.6) is 0 Å². The molecule has 0 saturated heterocycles. The molecule has 0 fully saturated rings. The van der Waals surface area contributed by atoms with Gasteiger partial charge in [-0.1, -0.05) is 33.6 Å². The molecular weight excluding hydrogens is 218 g/mol. The second kappa shape index (κ2) is 8.06. The molecule has 0 radical (unpaired) electrons. The molecule has 1 unspecified atom stereocenters. The maximum absolute atomic E-state index is 12.0. The lowest BCUT2D eigenvalue weighted by Gasteiger charge is -2.26. The van der Waals surface area contributed by atoms with Gasteiger partial charge < -0.3 is 16.4 Å². The van der Waals surface area contributed by atoms with E-state index in [1.54, 1.807) is 0 Å². The molecule has 100 valence electrons. The van der Waals surface area contributed by atoms with Gasteiger partial charge in [0.25, 0.3) is 0 Å². The van der Waals surface area contributed by atoms with Crippen LogP contribution in [-0.4, -0.2) is 35.8 Å². The number of unbranched alkanes of at least 4 members (excludes halogenated alkanes) is 1. The van der Waals surface area contributed by atoms with E-state index in [-0.39, 0.29) is 18.4 Å². The third-order valence-electron chi connectivity index (χ3n) is 2.43. The van der Waals surface area contributed by atoms with Crippen molar-refractivity contribution < 1.29 is 9.59 Å². The fourth-order valence-corrected chi connectivity index (χ4v) is 1.64. The van der Waals surface area contributed by atoms with Crippen LogP contribution < -0.4 is 11.5 Å². The number of carbonyl (C=O) groups is 2. The zero-order chi connectivity index (χ0) is 13.4. The summed E-state index contributed by atoms with van der Waals surface area (Å²) < 4.78 is 0. The van der Waals surface area contributed by atoms with Crippen molar-refractivity contribution in [1.82, 2.24) is 4.90 Å². The maximum Gasteiger partial charge on any atom is 0.239 e. The molecule has 0 bridgehead atoms. The van der Waals surface area contributed by atoms with E-state index in [1.807, 2.05) is 20.8 Å². The molecule has 0 heterocycles. The van der Waals surface area contributed by atoms with E-state index in [0.29, 0.717) is 13.0 Å². The highest BCUT2D eigenvalue weighted by molar-refractivity contribution is 5.86. The lowest BCUT2D eigenvalue weighted by atomic mass is 10.1. The van der Waals surface area contributed by atoms with Crippen LogP contribution in [0.4, 0.5) is 0 Å². The summed E-state index contributed by atoms with van der Waals surface area (Å²) in [5.74, 6) is -0.385. The average Bonchev–Trinajstić information content (AvgIpc) is 2.22. The number of carbonyl (C=O) groups excluding carboxylic acids is 2. The quantitative estimate of drug-likeness (QED) is 0.649. The summed E-state index contributed by atoms with van der Waals surface area (Å²) in [6, 6.07) is -0.520. The monoisotopic (exact) mass is 243 g/mol. The topological polar surface area (TPSA) is 89.4 Å². The number of hydrogen-bond donors (Lipinski definition) is 2. The van der Waals surface area contributed by atoms with Crippen LogP contribution in [0.2, 0.25) is 0 Å². The van der Waals surface area contributed by atoms with E-state index >= 15 is 0 Å². The Kier molecular flexibility index (Phi) is 7.54. The van der Waals surface area contributed by atoms with Crippen LogP contribution in [0.25, 0.3) is 0 Å². The molecule has 0 aromatic carbocycles. The minimum atomic E-state index is -0.520. The van der Waals surface area contributed by atoms with E-state index < -0.39 is 11.9 Å². The molecule has 0 saturated carbocycles. The number of amides is 2. The summed E-state index contributed by atoms with van der Waals surface area (Å²) in [6.45, 7) is 6.49. The highest BCUT2D eigenvalue weighted by atomic mass is 16.2. The number of nitrogens with zero attached hydrogens (tertiary/aromatic N) is 1. The summed E-state index contributed by atoms with van der Waals surface area (Å²) >= 11 is 0. The van der Waals surface area contributed by atoms with Crippen molar-refractivity contribution in [3.63, 3.8) is 0 Å². The van der Waals surface area contributed by atoms with E-state index in [0.717, 1.165) is 12.8 Å². The van der Waals surface area contributed by atoms with Crippen molar-refractivity contribution in [3.05, 3.63) is 0 Å². The van der Waals surface area contributed by atoms with E-state index in [9.17, 15) is 9.59 Å². The van der Waals surface area contributed by atoms with E-state index in [4.69, 9.17) is 11.5 Å². The SMILES string of the molecule is CCCCC(N)C(=O)N(CC(N)=O)CC(C)C. The minimum absolute atomic E-state index is 0.0448. The van der Waals surface area contributed by atoms with Crippen LogP contribution in [-0.2, 0) is 9.59 Å². The number of nitrogens with two attached hydrogens (primary N) is 2. The van der Waals surface area contributed by atoms with Crippen LogP contribution in [0, 0.1) is 5.92 Å². The Morgan fingerprint density at radius 1 is 1.29 bits per heavy atom. The summed E-state index contributed by atoms with van der Waals surface area (Å²) in [4.78, 5) is 24.4. The van der Waals surface area contributed by atoms with Gasteiger partial charge in [0.15, 0.2) is 0 Å². The average molecular weight is 243 g/mol. The first-order valence-electron chi connectivity index (χ1n) is 6.21. The highest BCUT2D eigenvalue weighted by Crippen LogP contribution is 2.05. The summed E-state index contributed by atoms with van der Waals surface area (Å²) in [5, 5.41) is 0. The van der Waals surface area contributed by atoms with Crippen molar-refractivity contribution in [1.29, 1.82) is 0 Å². The third kappa shape index (κ3) is 6.94. The van der Waals surface area contributed by atoms with Crippen molar-refractivity contribution in [3.8, 4) is 0 Å². The van der Waals surface area contributed by atoms with Gasteiger partial charge in [-0.3, -0.25) is 9.59 Å². The maximum atomic E-state index is 12.0. The van der Waals surface area contributed by atoms with Crippen LogP contribution in [0.1, 0.15) is 40.0 Å². The summed E-state index contributed by atoms with van der Waals surface area (Å²) in [5.41, 5.74) is 10.9. The van der Waals surface area contributed by atoms with E-state index in [1.165, 1.54) is 4.90 Å². The minimum Gasteiger partial charge on any atom is -0.368 e. The standard InChI is InChI=1S/C12H25N3O2/c1-4-5-6-10(13)12(17)15(7-9(2)3)8-11(14)16/h9-10H,4-8,13H2,1-3H3,(H2,14,16). The first kappa shape index (κ1) is 15.9. The van der Waals surface area contributed by atoms with Crippen molar-refractivity contribution in [2.24, 2.45) is 17.4 Å². The molecule has 4 N–H and O–H groups in total. The molecule has 0 aliphatic carbocycles. The lowest BCUT2D eigenvalue weighted by molar-refractivity contribution is -0.137. The van der Waals surface area contributed by atoms with Crippen LogP contribution in [0.15, 0.2) is 0 Å². The molecule has 5 heteroatoms. The van der Waals surface area contributed by atoms with Gasteiger partial charge in [-0.15, -0.1) is 0 Å². The summed E-state index contributed by atoms with van der Waals surface area (Å²) in [7, 11) is 0. The number of primary amides is 1. The smallest absolute Gasteiger partial charge is 0.239 e. The molecule has 2 amide bonds. The molecular formula is C12H25N3O2. The molecule has 17 heavy (non-hydrogen) atoms. The molecule has 5 nitrogen and oxygen atoms in total. The Morgan fingerprint density at radius 2 is 1.88 bits per heavy atom. The fraction of sp³-hybridized carbons (Fsp3) is 0.833. The molecule has 0 aromatic heterocycles. The first-order chi connectivity index (χ1) is 7.88. The second-order valence-corrected chi connectivity index (χ2v) is 4.83. The lowest BCUT2D eigenvalue weighted by Crippen LogP contribution is -2.48. The molecule has 0 rings (SSSR count). The molecule has 0 spiro atoms. The summed E-state index contributed by atoms with van der Waals surface area (Å²) in [6.07, 6.45) is 2.57. The Bertz CT molecular complexity index is 254. The Morgan fingerprint density at radius 3 is 2.29 bits per heavy atom. The largest absolute Gasteiger partial charge is 0.368 e. The van der Waals surface area contributed by atoms with Crippen molar-refractivity contribution in [2.45, 2.75) is 46.1 Å². The Balaban J connectivity index is 4.44. The Labute approximate surface area is 104 Å². The second-order valence-electron chi connectivity index (χ2n) is 4.83. The van der Waals surface area contributed by atoms with E-state index in [2.05, 4.69) is 0 Å². The zero-order valence-electron chi connectivity index (χ0n) is 11.1. The van der Waals surface area contributed by atoms with Crippen LogP contribution >= 0.6 is 0 Å². The number of hydrogen-bond acceptors (Lipinski definition) is 3. The number of rotatable bonds is 8. The van der Waals surface area contributed by atoms with Gasteiger partial charge in [0.05, 0.1) is 12.6 Å². The molecule has 1 atom stereocenters. The van der Waals surface area contributed by atoms with Gasteiger partial charge in [-0.2, -0.15) is 0 Å². The Hall–Kier alpha value is -1.10. The van der Waals surface area contributed by atoms with Gasteiger partial charge >= 0.3 is 0 Å². The molecule has 0 aliphatic rings. The van der Waals surface area contributed by atoms with Gasteiger partial charge in [0.2, 0.25) is 11.8 Å². The predicted octanol–water partition coefficient (Wildman–Crippen LogP) is 0.474. The van der Waals surface area contributed by atoms with Gasteiger partial charge in [-0.25, -0.2) is 0 Å². The van der Waals surface area contributed by atoms with Crippen molar-refractivity contribution in [2.75, 3.05) is 13.1 Å². The first-order valence-corrected chi connectivity index (χ1v) is 6.21. The predicted molar refractivity (Wildman–Crippen MR) is 68.1 cm³/mol. The molecule has 0 aliphatic heterocycles. The zero-order valence-corrected chi connectivity index (χ0v) is 11.1. The molecule has 0 aromatic rings. The highest BCUT2D eigenvalue weighted by Gasteiger charge is 2.22. The third-order valence-corrected chi connectivity index (χ3v) is 2.43. The fourth-order valence-electron chi connectivity index (χ4n) is 1.64. The van der Waals surface area contributed by atoms with Crippen molar-refractivity contribution >= 4 is 11.8 Å².